The maximum absolute atomic E-state index is 10.1. The normalized spacial score (nSPS) is 19.1. The summed E-state index contributed by atoms with van der Waals surface area (Å²) < 4.78 is 0. The van der Waals surface area contributed by atoms with Crippen LogP contribution in [0.5, 0.6) is 0 Å². The molecule has 2 rings (SSSR count). The number of hydrogen-bond donors (Lipinski definition) is 2. The molecule has 1 saturated carbocycles. The fourth-order valence-corrected chi connectivity index (χ4v) is 2.48. The Labute approximate surface area is 112 Å². The lowest BCUT2D eigenvalue weighted by Crippen LogP contribution is -2.31. The van der Waals surface area contributed by atoms with E-state index in [9.17, 15) is 5.11 Å². The second kappa shape index (κ2) is 5.57. The first-order chi connectivity index (χ1) is 8.08. The van der Waals surface area contributed by atoms with Crippen molar-refractivity contribution < 1.29 is 5.11 Å². The summed E-state index contributed by atoms with van der Waals surface area (Å²) in [5, 5.41) is 14.5. The van der Waals surface area contributed by atoms with Gasteiger partial charge in [0.25, 0.3) is 0 Å². The highest BCUT2D eigenvalue weighted by Crippen LogP contribution is 2.32. The average molecular weight is 274 g/mol. The van der Waals surface area contributed by atoms with Crippen molar-refractivity contribution in [2.45, 2.75) is 31.9 Å². The van der Waals surface area contributed by atoms with Gasteiger partial charge < -0.3 is 10.4 Å². The SMILES string of the molecule is CC(NCC(O)c1ccc(Cl)cc1Cl)C1CC1. The van der Waals surface area contributed by atoms with Gasteiger partial charge in [-0.3, -0.25) is 0 Å². The van der Waals surface area contributed by atoms with Crippen LogP contribution in [-0.2, 0) is 0 Å². The van der Waals surface area contributed by atoms with Gasteiger partial charge in [-0.05, 0) is 37.8 Å². The molecule has 0 aromatic heterocycles. The van der Waals surface area contributed by atoms with E-state index in [1.165, 1.54) is 12.8 Å². The molecule has 2 unspecified atom stereocenters. The molecule has 2 N–H and O–H groups in total. The molecule has 4 heteroatoms. The van der Waals surface area contributed by atoms with Crippen molar-refractivity contribution in [3.63, 3.8) is 0 Å². The Morgan fingerprint density at radius 3 is 2.71 bits per heavy atom. The van der Waals surface area contributed by atoms with Gasteiger partial charge in [0.1, 0.15) is 0 Å². The first-order valence-electron chi connectivity index (χ1n) is 5.94. The number of nitrogens with one attached hydrogen (secondary N) is 1. The van der Waals surface area contributed by atoms with E-state index in [1.807, 2.05) is 0 Å². The van der Waals surface area contributed by atoms with E-state index in [0.717, 1.165) is 11.5 Å². The van der Waals surface area contributed by atoms with Crippen LogP contribution in [0.3, 0.4) is 0 Å². The molecule has 2 atom stereocenters. The second-order valence-corrected chi connectivity index (χ2v) is 5.56. The maximum Gasteiger partial charge on any atom is 0.0928 e. The van der Waals surface area contributed by atoms with Crippen LogP contribution in [0.4, 0.5) is 0 Å². The van der Waals surface area contributed by atoms with Crippen LogP contribution >= 0.6 is 23.2 Å². The fourth-order valence-electron chi connectivity index (χ4n) is 1.94. The summed E-state index contributed by atoms with van der Waals surface area (Å²) in [7, 11) is 0. The maximum atomic E-state index is 10.1. The van der Waals surface area contributed by atoms with Crippen molar-refractivity contribution >= 4 is 23.2 Å². The number of aliphatic hydroxyl groups excluding tert-OH is 1. The van der Waals surface area contributed by atoms with E-state index in [1.54, 1.807) is 18.2 Å². The van der Waals surface area contributed by atoms with Crippen molar-refractivity contribution in [2.24, 2.45) is 5.92 Å². The Morgan fingerprint density at radius 2 is 2.12 bits per heavy atom. The summed E-state index contributed by atoms with van der Waals surface area (Å²) in [6.07, 6.45) is 2.01. The molecule has 0 heterocycles. The van der Waals surface area contributed by atoms with Crippen LogP contribution in [-0.4, -0.2) is 17.7 Å². The zero-order valence-electron chi connectivity index (χ0n) is 9.79. The largest absolute Gasteiger partial charge is 0.387 e. The Hall–Kier alpha value is -0.280. The Bertz CT molecular complexity index is 393. The molecule has 0 aliphatic heterocycles. The average Bonchev–Trinajstić information content (AvgIpc) is 3.09. The first-order valence-corrected chi connectivity index (χ1v) is 6.70. The summed E-state index contributed by atoms with van der Waals surface area (Å²) in [4.78, 5) is 0. The summed E-state index contributed by atoms with van der Waals surface area (Å²) in [6, 6.07) is 5.65. The lowest BCUT2D eigenvalue weighted by atomic mass is 10.1. The number of aliphatic hydroxyl groups is 1. The van der Waals surface area contributed by atoms with Crippen LogP contribution in [0.15, 0.2) is 18.2 Å². The van der Waals surface area contributed by atoms with Gasteiger partial charge in [-0.2, -0.15) is 0 Å². The van der Waals surface area contributed by atoms with Crippen molar-refractivity contribution in [1.82, 2.24) is 5.32 Å². The molecule has 1 fully saturated rings. The van der Waals surface area contributed by atoms with Crippen molar-refractivity contribution in [3.05, 3.63) is 33.8 Å². The standard InChI is InChI=1S/C13H17Cl2NO/c1-8(9-2-3-9)16-7-13(17)11-5-4-10(14)6-12(11)15/h4-6,8-9,13,16-17H,2-3,7H2,1H3. The predicted octanol–water partition coefficient (Wildman–Crippen LogP) is 3.41. The van der Waals surface area contributed by atoms with Gasteiger partial charge in [0.05, 0.1) is 6.10 Å². The third-order valence-electron chi connectivity index (χ3n) is 3.28. The van der Waals surface area contributed by atoms with E-state index in [0.29, 0.717) is 22.6 Å². The van der Waals surface area contributed by atoms with Crippen molar-refractivity contribution in [1.29, 1.82) is 0 Å². The minimum absolute atomic E-state index is 0.468. The van der Waals surface area contributed by atoms with Gasteiger partial charge >= 0.3 is 0 Å². The highest BCUT2D eigenvalue weighted by atomic mass is 35.5. The van der Waals surface area contributed by atoms with Gasteiger partial charge in [-0.1, -0.05) is 29.3 Å². The highest BCUT2D eigenvalue weighted by molar-refractivity contribution is 6.35. The molecule has 2 nitrogen and oxygen atoms in total. The summed E-state index contributed by atoms with van der Waals surface area (Å²) in [6.45, 7) is 2.69. The molecule has 0 spiro atoms. The van der Waals surface area contributed by atoms with Crippen LogP contribution in [0, 0.1) is 5.92 Å². The minimum atomic E-state index is -0.582. The highest BCUT2D eigenvalue weighted by Gasteiger charge is 2.28. The van der Waals surface area contributed by atoms with Gasteiger partial charge in [0.15, 0.2) is 0 Å². The van der Waals surface area contributed by atoms with Gasteiger partial charge in [-0.15, -0.1) is 0 Å². The fraction of sp³-hybridized carbons (Fsp3) is 0.538. The molecule has 1 aromatic carbocycles. The van der Waals surface area contributed by atoms with Crippen molar-refractivity contribution in [2.75, 3.05) is 6.54 Å². The summed E-state index contributed by atoms with van der Waals surface area (Å²) in [5.41, 5.74) is 0.728. The molecule has 0 saturated heterocycles. The number of rotatable bonds is 5. The lowest BCUT2D eigenvalue weighted by Gasteiger charge is -2.17. The monoisotopic (exact) mass is 273 g/mol. The van der Waals surface area contributed by atoms with Crippen LogP contribution < -0.4 is 5.32 Å². The van der Waals surface area contributed by atoms with Gasteiger partial charge in [0, 0.05) is 28.2 Å². The summed E-state index contributed by atoms with van der Waals surface area (Å²) in [5.74, 6) is 0.780. The zero-order chi connectivity index (χ0) is 12.4. The Balaban J connectivity index is 1.91. The van der Waals surface area contributed by atoms with Crippen LogP contribution in [0.2, 0.25) is 10.0 Å². The van der Waals surface area contributed by atoms with E-state index in [-0.39, 0.29) is 0 Å². The Morgan fingerprint density at radius 1 is 1.41 bits per heavy atom. The molecule has 1 aromatic rings. The topological polar surface area (TPSA) is 32.3 Å². The minimum Gasteiger partial charge on any atom is -0.387 e. The molecule has 0 amide bonds. The predicted molar refractivity (Wildman–Crippen MR) is 71.6 cm³/mol. The summed E-state index contributed by atoms with van der Waals surface area (Å²) >= 11 is 11.9. The molecular weight excluding hydrogens is 257 g/mol. The van der Waals surface area contributed by atoms with Gasteiger partial charge in [0.2, 0.25) is 0 Å². The molecule has 1 aliphatic rings. The zero-order valence-corrected chi connectivity index (χ0v) is 11.3. The number of halogens is 2. The van der Waals surface area contributed by atoms with Crippen LogP contribution in [0.1, 0.15) is 31.4 Å². The molecule has 1 aliphatic carbocycles. The van der Waals surface area contributed by atoms with E-state index in [2.05, 4.69) is 12.2 Å². The third kappa shape index (κ3) is 3.59. The lowest BCUT2D eigenvalue weighted by molar-refractivity contribution is 0.169. The van der Waals surface area contributed by atoms with Crippen LogP contribution in [0.25, 0.3) is 0 Å². The van der Waals surface area contributed by atoms with E-state index >= 15 is 0 Å². The molecule has 0 bridgehead atoms. The van der Waals surface area contributed by atoms with E-state index < -0.39 is 6.10 Å². The quantitative estimate of drug-likeness (QED) is 0.862. The smallest absolute Gasteiger partial charge is 0.0928 e. The first kappa shape index (κ1) is 13.2. The molecule has 94 valence electrons. The molecule has 0 radical (unpaired) electrons. The number of hydrogen-bond acceptors (Lipinski definition) is 2. The van der Waals surface area contributed by atoms with Gasteiger partial charge in [-0.25, -0.2) is 0 Å². The molecule has 17 heavy (non-hydrogen) atoms. The third-order valence-corrected chi connectivity index (χ3v) is 3.85. The molecular formula is C13H17Cl2NO. The second-order valence-electron chi connectivity index (χ2n) is 4.72. The number of benzene rings is 1. The Kier molecular flexibility index (Phi) is 4.31. The van der Waals surface area contributed by atoms with E-state index in [4.69, 9.17) is 23.2 Å². The van der Waals surface area contributed by atoms with Crippen molar-refractivity contribution in [3.8, 4) is 0 Å².